The third-order valence-corrected chi connectivity index (χ3v) is 4.11. The van der Waals surface area contributed by atoms with Gasteiger partial charge in [-0.1, -0.05) is 23.7 Å². The summed E-state index contributed by atoms with van der Waals surface area (Å²) in [7, 11) is 0. The quantitative estimate of drug-likeness (QED) is 0.698. The van der Waals surface area contributed by atoms with Crippen LogP contribution in [0.4, 0.5) is 17.3 Å². The summed E-state index contributed by atoms with van der Waals surface area (Å²) in [5.41, 5.74) is 1.67. The molecule has 0 spiro atoms. The molecule has 2 N–H and O–H groups in total. The van der Waals surface area contributed by atoms with Crippen LogP contribution in [0.15, 0.2) is 54.6 Å². The van der Waals surface area contributed by atoms with Gasteiger partial charge in [0.2, 0.25) is 12.7 Å². The van der Waals surface area contributed by atoms with Crippen molar-refractivity contribution in [2.75, 3.05) is 17.4 Å². The second-order valence-electron chi connectivity index (χ2n) is 5.85. The summed E-state index contributed by atoms with van der Waals surface area (Å²) in [5, 5.41) is 14.6. The molecule has 1 aromatic heterocycles. The monoisotopic (exact) mass is 382 g/mol. The van der Waals surface area contributed by atoms with Gasteiger partial charge in [0.05, 0.1) is 6.42 Å². The molecule has 4 rings (SSSR count). The summed E-state index contributed by atoms with van der Waals surface area (Å²) in [6.07, 6.45) is 0.232. The fraction of sp³-hybridized carbons (Fsp3) is 0.105. The minimum atomic E-state index is -0.178. The number of fused-ring (bicyclic) bond motifs is 1. The molecule has 1 aliphatic rings. The van der Waals surface area contributed by atoms with Crippen molar-refractivity contribution >= 4 is 34.8 Å². The highest BCUT2D eigenvalue weighted by Gasteiger charge is 2.13. The van der Waals surface area contributed by atoms with Gasteiger partial charge in [0, 0.05) is 16.8 Å². The Morgan fingerprint density at radius 1 is 0.963 bits per heavy atom. The zero-order valence-electron chi connectivity index (χ0n) is 14.1. The van der Waals surface area contributed by atoms with E-state index >= 15 is 0 Å². The summed E-state index contributed by atoms with van der Waals surface area (Å²) in [6.45, 7) is 0.225. The molecule has 0 aliphatic carbocycles. The number of benzene rings is 2. The Hall–Kier alpha value is -3.32. The van der Waals surface area contributed by atoms with Crippen LogP contribution in [0, 0.1) is 0 Å². The molecule has 1 amide bonds. The van der Waals surface area contributed by atoms with Crippen LogP contribution in [-0.2, 0) is 11.2 Å². The topological polar surface area (TPSA) is 85.4 Å². The maximum atomic E-state index is 12.1. The summed E-state index contributed by atoms with van der Waals surface area (Å²) >= 11 is 5.84. The maximum absolute atomic E-state index is 12.1. The summed E-state index contributed by atoms with van der Waals surface area (Å²) in [4.78, 5) is 12.1. The zero-order valence-corrected chi connectivity index (χ0v) is 14.9. The van der Waals surface area contributed by atoms with Crippen LogP contribution in [0.3, 0.4) is 0 Å². The van der Waals surface area contributed by atoms with Crippen LogP contribution in [0.25, 0.3) is 0 Å². The number of carbonyl (C=O) groups is 1. The van der Waals surface area contributed by atoms with Crippen LogP contribution in [-0.4, -0.2) is 22.9 Å². The molecule has 0 fully saturated rings. The Bertz CT molecular complexity index is 962. The number of anilines is 3. The van der Waals surface area contributed by atoms with Crippen LogP contribution >= 0.6 is 11.6 Å². The van der Waals surface area contributed by atoms with Crippen LogP contribution in [0.5, 0.6) is 11.5 Å². The van der Waals surface area contributed by atoms with Crippen LogP contribution in [0.1, 0.15) is 5.56 Å². The number of carbonyl (C=O) groups excluding carboxylic acids is 1. The van der Waals surface area contributed by atoms with E-state index in [2.05, 4.69) is 20.8 Å². The highest BCUT2D eigenvalue weighted by Crippen LogP contribution is 2.34. The number of nitrogens with zero attached hydrogens (tertiary/aromatic N) is 2. The van der Waals surface area contributed by atoms with Crippen molar-refractivity contribution in [1.29, 1.82) is 0 Å². The average molecular weight is 383 g/mol. The highest BCUT2D eigenvalue weighted by atomic mass is 35.5. The Morgan fingerprint density at radius 2 is 1.70 bits per heavy atom. The maximum Gasteiger partial charge on any atom is 0.231 e. The Labute approximate surface area is 160 Å². The number of halogens is 1. The lowest BCUT2D eigenvalue weighted by atomic mass is 10.1. The standard InChI is InChI=1S/C19H15ClN4O3/c20-13-3-1-12(2-4-13)9-19(25)22-18-8-7-17(23-24-18)21-14-5-6-15-16(10-14)27-11-26-15/h1-8,10H,9,11H2,(H,21,23)(H,22,24,25). The van der Waals surface area contributed by atoms with Crippen molar-refractivity contribution < 1.29 is 14.3 Å². The predicted molar refractivity (Wildman–Crippen MR) is 102 cm³/mol. The molecule has 27 heavy (non-hydrogen) atoms. The molecule has 0 radical (unpaired) electrons. The number of aromatic nitrogens is 2. The Morgan fingerprint density at radius 3 is 2.48 bits per heavy atom. The molecule has 0 saturated heterocycles. The Kier molecular flexibility index (Phi) is 4.76. The number of hydrogen-bond acceptors (Lipinski definition) is 6. The third-order valence-electron chi connectivity index (χ3n) is 3.85. The number of rotatable bonds is 5. The molecule has 2 heterocycles. The van der Waals surface area contributed by atoms with E-state index in [1.54, 1.807) is 24.3 Å². The van der Waals surface area contributed by atoms with Crippen molar-refractivity contribution in [3.8, 4) is 11.5 Å². The predicted octanol–water partition coefficient (Wildman–Crippen LogP) is 3.78. The molecule has 0 atom stereocenters. The number of ether oxygens (including phenoxy) is 2. The molecule has 3 aromatic rings. The largest absolute Gasteiger partial charge is 0.454 e. The van der Waals surface area contributed by atoms with Crippen molar-refractivity contribution in [2.24, 2.45) is 0 Å². The van der Waals surface area contributed by atoms with Gasteiger partial charge in [-0.2, -0.15) is 0 Å². The minimum Gasteiger partial charge on any atom is -0.454 e. The molecular formula is C19H15ClN4O3. The van der Waals surface area contributed by atoms with E-state index in [1.165, 1.54) is 0 Å². The average Bonchev–Trinajstić information content (AvgIpc) is 3.13. The lowest BCUT2D eigenvalue weighted by Crippen LogP contribution is -2.15. The Balaban J connectivity index is 1.35. The lowest BCUT2D eigenvalue weighted by Gasteiger charge is -2.07. The van der Waals surface area contributed by atoms with Gasteiger partial charge >= 0.3 is 0 Å². The van der Waals surface area contributed by atoms with Gasteiger partial charge in [-0.25, -0.2) is 0 Å². The SMILES string of the molecule is O=C(Cc1ccc(Cl)cc1)Nc1ccc(Nc2ccc3c(c2)OCO3)nn1. The molecule has 136 valence electrons. The number of amides is 1. The molecule has 8 heteroatoms. The van der Waals surface area contributed by atoms with Crippen LogP contribution < -0.4 is 20.1 Å². The third kappa shape index (κ3) is 4.27. The van der Waals surface area contributed by atoms with E-state index in [1.807, 2.05) is 30.3 Å². The van der Waals surface area contributed by atoms with Crippen LogP contribution in [0.2, 0.25) is 5.02 Å². The highest BCUT2D eigenvalue weighted by molar-refractivity contribution is 6.30. The second-order valence-corrected chi connectivity index (χ2v) is 6.28. The van der Waals surface area contributed by atoms with Crippen molar-refractivity contribution in [2.45, 2.75) is 6.42 Å². The molecule has 0 saturated carbocycles. The van der Waals surface area contributed by atoms with Crippen molar-refractivity contribution in [1.82, 2.24) is 10.2 Å². The second kappa shape index (κ2) is 7.51. The van der Waals surface area contributed by atoms with E-state index in [0.717, 1.165) is 11.3 Å². The molecule has 2 aromatic carbocycles. The first kappa shape index (κ1) is 17.1. The van der Waals surface area contributed by atoms with Gasteiger partial charge in [0.1, 0.15) is 0 Å². The fourth-order valence-electron chi connectivity index (χ4n) is 2.56. The van der Waals surface area contributed by atoms with Crippen molar-refractivity contribution in [3.05, 3.63) is 65.2 Å². The molecule has 7 nitrogen and oxygen atoms in total. The van der Waals surface area contributed by atoms with E-state index in [4.69, 9.17) is 21.1 Å². The number of nitrogens with one attached hydrogen (secondary N) is 2. The summed E-state index contributed by atoms with van der Waals surface area (Å²) in [6, 6.07) is 16.0. The normalized spacial score (nSPS) is 11.9. The van der Waals surface area contributed by atoms with E-state index in [9.17, 15) is 4.79 Å². The first-order chi connectivity index (χ1) is 13.2. The smallest absolute Gasteiger partial charge is 0.231 e. The molecule has 0 bridgehead atoms. The van der Waals surface area contributed by atoms with Gasteiger partial charge in [-0.15, -0.1) is 10.2 Å². The summed E-state index contributed by atoms with van der Waals surface area (Å²) < 4.78 is 10.6. The molecule has 1 aliphatic heterocycles. The minimum absolute atomic E-state index is 0.178. The first-order valence-corrected chi connectivity index (χ1v) is 8.58. The summed E-state index contributed by atoms with van der Waals surface area (Å²) in [5.74, 6) is 2.14. The van der Waals surface area contributed by atoms with Crippen molar-refractivity contribution in [3.63, 3.8) is 0 Å². The van der Waals surface area contributed by atoms with E-state index in [-0.39, 0.29) is 19.1 Å². The van der Waals surface area contributed by atoms with Gasteiger partial charge in [-0.3, -0.25) is 4.79 Å². The van der Waals surface area contributed by atoms with Gasteiger partial charge in [-0.05, 0) is 42.0 Å². The van der Waals surface area contributed by atoms with Gasteiger partial charge in [0.25, 0.3) is 0 Å². The fourth-order valence-corrected chi connectivity index (χ4v) is 2.69. The zero-order chi connectivity index (χ0) is 18.6. The van der Waals surface area contributed by atoms with Gasteiger partial charge < -0.3 is 20.1 Å². The number of hydrogen-bond donors (Lipinski definition) is 2. The molecule has 0 unspecified atom stereocenters. The molecular weight excluding hydrogens is 368 g/mol. The first-order valence-electron chi connectivity index (χ1n) is 8.20. The van der Waals surface area contributed by atoms with E-state index < -0.39 is 0 Å². The lowest BCUT2D eigenvalue weighted by molar-refractivity contribution is -0.115. The van der Waals surface area contributed by atoms with Gasteiger partial charge in [0.15, 0.2) is 23.1 Å². The van der Waals surface area contributed by atoms with E-state index in [0.29, 0.717) is 28.2 Å².